The minimum Gasteiger partial charge on any atom is -0.481 e. The number of carboxylic acids is 1. The minimum atomic E-state index is -4.79. The average Bonchev–Trinajstić information content (AvgIpc) is 2.27. The Kier molecular flexibility index (Phi) is 4.21. The molecule has 0 aliphatic heterocycles. The number of alkyl halides is 3. The molecule has 0 aromatic heterocycles. The summed E-state index contributed by atoms with van der Waals surface area (Å²) in [4.78, 5) is 10.5. The van der Waals surface area contributed by atoms with Gasteiger partial charge in [0.1, 0.15) is 0 Å². The Balaban J connectivity index is 2.74. The van der Waals surface area contributed by atoms with Crippen molar-refractivity contribution in [3.63, 3.8) is 0 Å². The fourth-order valence-corrected chi connectivity index (χ4v) is 1.28. The first-order chi connectivity index (χ1) is 8.34. The molecule has 1 rings (SSSR count). The first-order valence-electron chi connectivity index (χ1n) is 4.94. The van der Waals surface area contributed by atoms with Crippen molar-refractivity contribution < 1.29 is 23.1 Å². The number of anilines is 1. The molecule has 1 unspecified atom stereocenters. The van der Waals surface area contributed by atoms with E-state index < -0.39 is 24.6 Å². The van der Waals surface area contributed by atoms with Gasteiger partial charge in [-0.2, -0.15) is 13.2 Å². The van der Waals surface area contributed by atoms with Gasteiger partial charge in [-0.05, 0) is 18.2 Å². The van der Waals surface area contributed by atoms with Crippen LogP contribution in [0.1, 0.15) is 5.56 Å². The predicted molar refractivity (Wildman–Crippen MR) is 60.0 cm³/mol. The van der Waals surface area contributed by atoms with Gasteiger partial charge in [0, 0.05) is 17.8 Å². The van der Waals surface area contributed by atoms with Crippen molar-refractivity contribution in [3.8, 4) is 12.3 Å². The minimum absolute atomic E-state index is 0.348. The molecule has 1 aromatic rings. The average molecular weight is 257 g/mol. The molecule has 2 N–H and O–H groups in total. The van der Waals surface area contributed by atoms with Crippen molar-refractivity contribution in [1.29, 1.82) is 0 Å². The molecule has 0 spiro atoms. The molecule has 0 saturated carbocycles. The molecule has 0 aliphatic rings. The van der Waals surface area contributed by atoms with Crippen molar-refractivity contribution in [1.82, 2.24) is 0 Å². The van der Waals surface area contributed by atoms with Crippen LogP contribution in [0.15, 0.2) is 24.3 Å². The summed E-state index contributed by atoms with van der Waals surface area (Å²) in [5, 5.41) is 10.9. The summed E-state index contributed by atoms with van der Waals surface area (Å²) in [6.45, 7) is -0.743. The van der Waals surface area contributed by atoms with Crippen LogP contribution in [0.25, 0.3) is 0 Å². The van der Waals surface area contributed by atoms with Gasteiger partial charge in [0.15, 0.2) is 5.92 Å². The SMILES string of the molecule is C#Cc1cccc(NCC(C(=O)O)C(F)(F)F)c1. The molecule has 3 nitrogen and oxygen atoms in total. The summed E-state index contributed by atoms with van der Waals surface area (Å²) < 4.78 is 37.1. The largest absolute Gasteiger partial charge is 0.481 e. The molecule has 0 saturated heterocycles. The Hall–Kier alpha value is -2.16. The summed E-state index contributed by atoms with van der Waals surface area (Å²) in [5.74, 6) is -2.04. The summed E-state index contributed by atoms with van der Waals surface area (Å²) in [6, 6.07) is 6.16. The maximum atomic E-state index is 12.4. The first-order valence-corrected chi connectivity index (χ1v) is 4.94. The number of aliphatic carboxylic acids is 1. The summed E-state index contributed by atoms with van der Waals surface area (Å²) in [6.07, 6.45) is 0.351. The second-order valence-electron chi connectivity index (χ2n) is 3.54. The summed E-state index contributed by atoms with van der Waals surface area (Å²) >= 11 is 0. The van der Waals surface area contributed by atoms with Crippen LogP contribution < -0.4 is 5.32 Å². The fraction of sp³-hybridized carbons (Fsp3) is 0.250. The Bertz CT molecular complexity index is 477. The van der Waals surface area contributed by atoms with E-state index in [0.717, 1.165) is 0 Å². The van der Waals surface area contributed by atoms with Crippen molar-refractivity contribution in [2.45, 2.75) is 6.18 Å². The molecule has 1 aromatic carbocycles. The van der Waals surface area contributed by atoms with Gasteiger partial charge in [0.25, 0.3) is 0 Å². The lowest BCUT2D eigenvalue weighted by molar-refractivity contribution is -0.190. The fourth-order valence-electron chi connectivity index (χ4n) is 1.28. The number of nitrogens with one attached hydrogen (secondary N) is 1. The van der Waals surface area contributed by atoms with E-state index in [1.54, 1.807) is 12.1 Å². The molecule has 18 heavy (non-hydrogen) atoms. The van der Waals surface area contributed by atoms with Crippen LogP contribution in [0.5, 0.6) is 0 Å². The number of benzene rings is 1. The smallest absolute Gasteiger partial charge is 0.403 e. The Labute approximate surface area is 102 Å². The lowest BCUT2D eigenvalue weighted by Crippen LogP contribution is -2.36. The van der Waals surface area contributed by atoms with E-state index in [9.17, 15) is 18.0 Å². The van der Waals surface area contributed by atoms with Gasteiger partial charge in [-0.1, -0.05) is 12.0 Å². The van der Waals surface area contributed by atoms with Crippen molar-refractivity contribution in [2.75, 3.05) is 11.9 Å². The molecule has 0 aliphatic carbocycles. The standard InChI is InChI=1S/C12H10F3NO2/c1-2-8-4-3-5-9(6-8)16-7-10(11(17)18)12(13,14)15/h1,3-6,10,16H,7H2,(H,17,18). The third-order valence-corrected chi connectivity index (χ3v) is 2.23. The van der Waals surface area contributed by atoms with Gasteiger partial charge in [-0.25, -0.2) is 0 Å². The highest BCUT2D eigenvalue weighted by atomic mass is 19.4. The van der Waals surface area contributed by atoms with E-state index in [0.29, 0.717) is 11.3 Å². The van der Waals surface area contributed by atoms with Crippen LogP contribution in [-0.4, -0.2) is 23.8 Å². The number of rotatable bonds is 4. The lowest BCUT2D eigenvalue weighted by atomic mass is 10.1. The normalized spacial score (nSPS) is 12.6. The summed E-state index contributed by atoms with van der Waals surface area (Å²) in [7, 11) is 0. The molecule has 1 atom stereocenters. The zero-order valence-electron chi connectivity index (χ0n) is 9.16. The van der Waals surface area contributed by atoms with E-state index in [2.05, 4.69) is 11.2 Å². The van der Waals surface area contributed by atoms with E-state index in [1.165, 1.54) is 12.1 Å². The van der Waals surface area contributed by atoms with E-state index in [1.807, 2.05) is 0 Å². The van der Waals surface area contributed by atoms with Gasteiger partial charge >= 0.3 is 12.1 Å². The maximum absolute atomic E-state index is 12.4. The third kappa shape index (κ3) is 3.70. The van der Waals surface area contributed by atoms with Crippen LogP contribution in [-0.2, 0) is 4.79 Å². The van der Waals surface area contributed by atoms with Crippen LogP contribution in [0, 0.1) is 18.3 Å². The Morgan fingerprint density at radius 2 is 2.17 bits per heavy atom. The highest BCUT2D eigenvalue weighted by molar-refractivity contribution is 5.71. The second kappa shape index (κ2) is 5.45. The van der Waals surface area contributed by atoms with Gasteiger partial charge in [0.05, 0.1) is 0 Å². The van der Waals surface area contributed by atoms with Gasteiger partial charge < -0.3 is 10.4 Å². The number of hydrogen-bond acceptors (Lipinski definition) is 2. The van der Waals surface area contributed by atoms with Gasteiger partial charge in [0.2, 0.25) is 0 Å². The number of carboxylic acid groups (broad SMARTS) is 1. The topological polar surface area (TPSA) is 49.3 Å². The van der Waals surface area contributed by atoms with Crippen molar-refractivity contribution in [2.24, 2.45) is 5.92 Å². The van der Waals surface area contributed by atoms with E-state index >= 15 is 0 Å². The second-order valence-corrected chi connectivity index (χ2v) is 3.54. The van der Waals surface area contributed by atoms with E-state index in [4.69, 9.17) is 11.5 Å². The Morgan fingerprint density at radius 1 is 1.50 bits per heavy atom. The van der Waals surface area contributed by atoms with Crippen LogP contribution in [0.3, 0.4) is 0 Å². The first kappa shape index (κ1) is 13.9. The molecule has 6 heteroatoms. The number of carbonyl (C=O) groups is 1. The van der Waals surface area contributed by atoms with Crippen molar-refractivity contribution in [3.05, 3.63) is 29.8 Å². The van der Waals surface area contributed by atoms with E-state index in [-0.39, 0.29) is 0 Å². The quantitative estimate of drug-likeness (QED) is 0.814. The van der Waals surface area contributed by atoms with Crippen molar-refractivity contribution >= 4 is 11.7 Å². The lowest BCUT2D eigenvalue weighted by Gasteiger charge is -2.17. The van der Waals surface area contributed by atoms with Crippen LogP contribution in [0.2, 0.25) is 0 Å². The molecular formula is C12H10F3NO2. The van der Waals surface area contributed by atoms with Crippen LogP contribution >= 0.6 is 0 Å². The highest BCUT2D eigenvalue weighted by Gasteiger charge is 2.44. The highest BCUT2D eigenvalue weighted by Crippen LogP contribution is 2.26. The zero-order valence-corrected chi connectivity index (χ0v) is 9.16. The number of halogens is 3. The van der Waals surface area contributed by atoms with Gasteiger partial charge in [-0.3, -0.25) is 4.79 Å². The van der Waals surface area contributed by atoms with Crippen LogP contribution in [0.4, 0.5) is 18.9 Å². The monoisotopic (exact) mass is 257 g/mol. The van der Waals surface area contributed by atoms with Gasteiger partial charge in [-0.15, -0.1) is 6.42 Å². The molecule has 0 heterocycles. The molecular weight excluding hydrogens is 247 g/mol. The molecule has 0 bridgehead atoms. The predicted octanol–water partition coefficient (Wildman–Crippen LogP) is 2.34. The molecule has 0 fully saturated rings. The summed E-state index contributed by atoms with van der Waals surface area (Å²) in [5.41, 5.74) is 0.847. The maximum Gasteiger partial charge on any atom is 0.403 e. The molecule has 0 radical (unpaired) electrons. The number of hydrogen-bond donors (Lipinski definition) is 2. The number of terminal acetylenes is 1. The Morgan fingerprint density at radius 3 is 2.67 bits per heavy atom. The molecule has 0 amide bonds. The molecule has 96 valence electrons. The zero-order chi connectivity index (χ0) is 13.8. The third-order valence-electron chi connectivity index (χ3n) is 2.23.